The Hall–Kier alpha value is -3.06. The molecule has 1 aliphatic rings. The SMILES string of the molecule is O=C(O)Cn1c2c(c3cc(F)ccc31)C[C@H](NC(=O)COc1ccc(Cl)cc1)CC2. The molecule has 1 amide bonds. The van der Waals surface area contributed by atoms with E-state index in [1.165, 1.54) is 12.1 Å². The molecular formula is C22H20ClFN2O4. The summed E-state index contributed by atoms with van der Waals surface area (Å²) in [6.45, 7) is -0.302. The van der Waals surface area contributed by atoms with Gasteiger partial charge in [-0.3, -0.25) is 9.59 Å². The lowest BCUT2D eigenvalue weighted by Gasteiger charge is -2.25. The van der Waals surface area contributed by atoms with E-state index >= 15 is 0 Å². The molecule has 2 aromatic carbocycles. The Morgan fingerprint density at radius 3 is 2.73 bits per heavy atom. The van der Waals surface area contributed by atoms with Gasteiger partial charge in [0.25, 0.3) is 5.91 Å². The van der Waals surface area contributed by atoms with Gasteiger partial charge in [-0.05, 0) is 67.3 Å². The first kappa shape index (κ1) is 20.2. The number of nitrogens with one attached hydrogen (secondary N) is 1. The minimum absolute atomic E-state index is 0.125. The molecule has 0 aliphatic heterocycles. The Kier molecular flexibility index (Phi) is 5.63. The molecule has 156 valence electrons. The van der Waals surface area contributed by atoms with E-state index in [1.807, 2.05) is 0 Å². The standard InChI is InChI=1S/C22H20ClFN2O4/c23-13-1-5-16(6-2-13)30-12-21(27)25-15-4-8-20-18(10-15)17-9-14(24)3-7-19(17)26(20)11-22(28)29/h1-3,5-7,9,15H,4,8,10-12H2,(H,25,27)(H,28,29)/t15-/m1/s1. The molecule has 0 bridgehead atoms. The molecule has 4 rings (SSSR count). The summed E-state index contributed by atoms with van der Waals surface area (Å²) in [5.74, 6) is -1.03. The van der Waals surface area contributed by atoms with Gasteiger partial charge in [0.2, 0.25) is 0 Å². The summed E-state index contributed by atoms with van der Waals surface area (Å²) in [7, 11) is 0. The van der Waals surface area contributed by atoms with Gasteiger partial charge in [-0.2, -0.15) is 0 Å². The number of ether oxygens (including phenoxy) is 1. The normalized spacial score (nSPS) is 15.6. The van der Waals surface area contributed by atoms with Gasteiger partial charge in [-0.1, -0.05) is 11.6 Å². The maximum absolute atomic E-state index is 13.9. The van der Waals surface area contributed by atoms with Crippen molar-refractivity contribution in [3.8, 4) is 5.75 Å². The van der Waals surface area contributed by atoms with Crippen LogP contribution in [-0.2, 0) is 29.0 Å². The average Bonchev–Trinajstić information content (AvgIpc) is 2.99. The van der Waals surface area contributed by atoms with E-state index in [0.717, 1.165) is 11.3 Å². The maximum atomic E-state index is 13.9. The lowest BCUT2D eigenvalue weighted by Crippen LogP contribution is -2.41. The van der Waals surface area contributed by atoms with E-state index in [0.29, 0.717) is 40.9 Å². The first-order chi connectivity index (χ1) is 14.4. The highest BCUT2D eigenvalue weighted by atomic mass is 35.5. The molecule has 8 heteroatoms. The van der Waals surface area contributed by atoms with Gasteiger partial charge in [0.05, 0.1) is 0 Å². The molecule has 0 unspecified atom stereocenters. The first-order valence-corrected chi connectivity index (χ1v) is 9.97. The smallest absolute Gasteiger partial charge is 0.323 e. The second-order valence-electron chi connectivity index (χ2n) is 7.32. The zero-order valence-corrected chi connectivity index (χ0v) is 16.8. The van der Waals surface area contributed by atoms with E-state index in [4.69, 9.17) is 16.3 Å². The van der Waals surface area contributed by atoms with E-state index < -0.39 is 5.97 Å². The maximum Gasteiger partial charge on any atom is 0.323 e. The van der Waals surface area contributed by atoms with Crippen LogP contribution in [0.15, 0.2) is 42.5 Å². The monoisotopic (exact) mass is 430 g/mol. The number of hydrogen-bond acceptors (Lipinski definition) is 3. The lowest BCUT2D eigenvalue weighted by atomic mass is 9.91. The average molecular weight is 431 g/mol. The Bertz CT molecular complexity index is 1110. The highest BCUT2D eigenvalue weighted by Crippen LogP contribution is 2.33. The molecule has 1 atom stereocenters. The largest absolute Gasteiger partial charge is 0.484 e. The van der Waals surface area contributed by atoms with Crippen molar-refractivity contribution >= 4 is 34.4 Å². The van der Waals surface area contributed by atoms with Gasteiger partial charge in [-0.15, -0.1) is 0 Å². The van der Waals surface area contributed by atoms with Gasteiger partial charge < -0.3 is 19.7 Å². The summed E-state index contributed by atoms with van der Waals surface area (Å²) in [6.07, 6.45) is 1.77. The highest BCUT2D eigenvalue weighted by molar-refractivity contribution is 6.30. The number of benzene rings is 2. The van der Waals surface area contributed by atoms with Crippen LogP contribution in [0.25, 0.3) is 10.9 Å². The van der Waals surface area contributed by atoms with Crippen LogP contribution in [0.4, 0.5) is 4.39 Å². The van der Waals surface area contributed by atoms with Crippen molar-refractivity contribution in [3.63, 3.8) is 0 Å². The van der Waals surface area contributed by atoms with Gasteiger partial charge >= 0.3 is 5.97 Å². The molecule has 1 aliphatic carbocycles. The Morgan fingerprint density at radius 1 is 1.23 bits per heavy atom. The van der Waals surface area contributed by atoms with Gasteiger partial charge in [-0.25, -0.2) is 4.39 Å². The molecule has 1 heterocycles. The molecule has 0 radical (unpaired) electrons. The predicted octanol–water partition coefficient (Wildman–Crippen LogP) is 3.57. The van der Waals surface area contributed by atoms with Crippen molar-refractivity contribution in [3.05, 3.63) is 64.6 Å². The molecule has 3 aromatic rings. The molecule has 0 saturated heterocycles. The van der Waals surface area contributed by atoms with Crippen LogP contribution < -0.4 is 10.1 Å². The van der Waals surface area contributed by atoms with Crippen LogP contribution in [0, 0.1) is 5.82 Å². The second-order valence-corrected chi connectivity index (χ2v) is 7.75. The van der Waals surface area contributed by atoms with E-state index in [-0.39, 0.29) is 30.9 Å². The van der Waals surface area contributed by atoms with Gasteiger partial charge in [0.15, 0.2) is 6.61 Å². The zero-order valence-electron chi connectivity index (χ0n) is 16.0. The Morgan fingerprint density at radius 2 is 2.00 bits per heavy atom. The van der Waals surface area contributed by atoms with E-state index in [9.17, 15) is 19.1 Å². The summed E-state index contributed by atoms with van der Waals surface area (Å²) in [6, 6.07) is 11.0. The molecule has 1 aromatic heterocycles. The number of carboxylic acids is 1. The number of rotatable bonds is 6. The summed E-state index contributed by atoms with van der Waals surface area (Å²) in [5.41, 5.74) is 2.48. The third-order valence-electron chi connectivity index (χ3n) is 5.27. The number of carboxylic acid groups (broad SMARTS) is 1. The fraction of sp³-hybridized carbons (Fsp3) is 0.273. The molecule has 30 heavy (non-hydrogen) atoms. The molecule has 2 N–H and O–H groups in total. The van der Waals surface area contributed by atoms with Crippen LogP contribution >= 0.6 is 11.6 Å². The minimum Gasteiger partial charge on any atom is -0.484 e. The third kappa shape index (κ3) is 4.26. The van der Waals surface area contributed by atoms with Gasteiger partial charge in [0, 0.05) is 27.7 Å². The first-order valence-electron chi connectivity index (χ1n) is 9.59. The molecule has 6 nitrogen and oxygen atoms in total. The number of aliphatic carboxylic acids is 1. The Labute approximate surface area is 177 Å². The predicted molar refractivity (Wildman–Crippen MR) is 110 cm³/mol. The van der Waals surface area contributed by atoms with Crippen LogP contribution in [0.5, 0.6) is 5.75 Å². The number of fused-ring (bicyclic) bond motifs is 3. The number of halogens is 2. The summed E-state index contributed by atoms with van der Waals surface area (Å²) in [5, 5.41) is 13.5. The summed E-state index contributed by atoms with van der Waals surface area (Å²) < 4.78 is 21.1. The van der Waals surface area contributed by atoms with E-state index in [1.54, 1.807) is 34.9 Å². The number of hydrogen-bond donors (Lipinski definition) is 2. The Balaban J connectivity index is 1.48. The van der Waals surface area contributed by atoms with Crippen molar-refractivity contribution < 1.29 is 23.8 Å². The highest BCUT2D eigenvalue weighted by Gasteiger charge is 2.27. The number of aromatic nitrogens is 1. The third-order valence-corrected chi connectivity index (χ3v) is 5.52. The van der Waals surface area contributed by atoms with Gasteiger partial charge in [0.1, 0.15) is 18.1 Å². The van der Waals surface area contributed by atoms with Crippen LogP contribution in [-0.4, -0.2) is 34.2 Å². The van der Waals surface area contributed by atoms with Crippen molar-refractivity contribution in [1.29, 1.82) is 0 Å². The number of carbonyl (C=O) groups excluding carboxylic acids is 1. The van der Waals surface area contributed by atoms with Crippen molar-refractivity contribution in [1.82, 2.24) is 9.88 Å². The molecule has 0 saturated carbocycles. The molecule has 0 spiro atoms. The van der Waals surface area contributed by atoms with Crippen LogP contribution in [0.1, 0.15) is 17.7 Å². The summed E-state index contributed by atoms with van der Waals surface area (Å²) >= 11 is 5.83. The van der Waals surface area contributed by atoms with Crippen LogP contribution in [0.3, 0.4) is 0 Å². The fourth-order valence-electron chi connectivity index (χ4n) is 4.01. The quantitative estimate of drug-likeness (QED) is 0.626. The zero-order chi connectivity index (χ0) is 21.3. The van der Waals surface area contributed by atoms with Crippen molar-refractivity contribution in [2.45, 2.75) is 31.8 Å². The van der Waals surface area contributed by atoms with Crippen molar-refractivity contribution in [2.75, 3.05) is 6.61 Å². The topological polar surface area (TPSA) is 80.6 Å². The van der Waals surface area contributed by atoms with Crippen LogP contribution in [0.2, 0.25) is 5.02 Å². The second kappa shape index (κ2) is 8.36. The fourth-order valence-corrected chi connectivity index (χ4v) is 4.14. The number of amides is 1. The minimum atomic E-state index is -0.950. The van der Waals surface area contributed by atoms with Crippen molar-refractivity contribution in [2.24, 2.45) is 0 Å². The molecular weight excluding hydrogens is 411 g/mol. The number of carbonyl (C=O) groups is 2. The lowest BCUT2D eigenvalue weighted by molar-refractivity contribution is -0.137. The van der Waals surface area contributed by atoms with E-state index in [2.05, 4.69) is 5.32 Å². The molecule has 0 fully saturated rings. The summed E-state index contributed by atoms with van der Waals surface area (Å²) in [4.78, 5) is 23.6. The number of nitrogens with zero attached hydrogens (tertiary/aromatic N) is 1.